The Labute approximate surface area is 149 Å². The van der Waals surface area contributed by atoms with Gasteiger partial charge in [0.15, 0.2) is 0 Å². The van der Waals surface area contributed by atoms with E-state index in [4.69, 9.17) is 4.52 Å². The van der Waals surface area contributed by atoms with E-state index in [0.29, 0.717) is 23.4 Å². The van der Waals surface area contributed by atoms with Gasteiger partial charge in [0.2, 0.25) is 5.91 Å². The van der Waals surface area contributed by atoms with Gasteiger partial charge in [-0.3, -0.25) is 9.59 Å². The Morgan fingerprint density at radius 1 is 1.33 bits per heavy atom. The largest absolute Gasteiger partial charge is 0.360 e. The zero-order chi connectivity index (χ0) is 17.9. The molecule has 7 heteroatoms. The number of nitrogens with one attached hydrogen (secondary N) is 1. The van der Waals surface area contributed by atoms with Crippen LogP contribution in [-0.4, -0.2) is 35.5 Å². The maximum atomic E-state index is 12.5. The maximum absolute atomic E-state index is 12.5. The van der Waals surface area contributed by atoms with E-state index in [1.165, 1.54) is 4.90 Å². The van der Waals surface area contributed by atoms with Crippen LogP contribution in [0.2, 0.25) is 0 Å². The summed E-state index contributed by atoms with van der Waals surface area (Å²) in [5.74, 6) is 0.00483. The number of hydrogen-bond acceptors (Lipinski definition) is 4. The minimum atomic E-state index is -0.270. The van der Waals surface area contributed by atoms with Crippen molar-refractivity contribution >= 4 is 33.4 Å². The van der Waals surface area contributed by atoms with Crippen LogP contribution in [0, 0.1) is 13.8 Å². The first-order chi connectivity index (χ1) is 11.3. The molecule has 0 saturated carbocycles. The SMILES string of the molecule is CCc1onc(C)c1C(=O)N(C)CC(=O)Nc1ccc(Br)cc1C. The smallest absolute Gasteiger partial charge is 0.259 e. The molecule has 0 bridgehead atoms. The van der Waals surface area contributed by atoms with E-state index in [0.717, 1.165) is 15.7 Å². The summed E-state index contributed by atoms with van der Waals surface area (Å²) < 4.78 is 6.09. The van der Waals surface area contributed by atoms with Crippen LogP contribution in [0.3, 0.4) is 0 Å². The standard InChI is InChI=1S/C17H20BrN3O3/c1-5-14-16(11(3)20-24-14)17(23)21(4)9-15(22)19-13-7-6-12(18)8-10(13)2/h6-8H,5,9H2,1-4H3,(H,19,22). The summed E-state index contributed by atoms with van der Waals surface area (Å²) in [7, 11) is 1.59. The second-order valence-corrected chi connectivity index (χ2v) is 6.50. The third kappa shape index (κ3) is 4.03. The monoisotopic (exact) mass is 393 g/mol. The summed E-state index contributed by atoms with van der Waals surface area (Å²) in [5, 5.41) is 6.65. The second-order valence-electron chi connectivity index (χ2n) is 5.59. The predicted octanol–water partition coefficient (Wildman–Crippen LogP) is 3.33. The first kappa shape index (κ1) is 18.2. The molecule has 0 spiro atoms. The molecule has 1 aromatic carbocycles. The van der Waals surface area contributed by atoms with Gasteiger partial charge in [0.05, 0.1) is 12.2 Å². The quantitative estimate of drug-likeness (QED) is 0.844. The Kier molecular flexibility index (Phi) is 5.77. The van der Waals surface area contributed by atoms with Crippen LogP contribution < -0.4 is 5.32 Å². The van der Waals surface area contributed by atoms with Crippen molar-refractivity contribution in [3.05, 3.63) is 45.3 Å². The molecule has 1 heterocycles. The first-order valence-electron chi connectivity index (χ1n) is 7.60. The Hall–Kier alpha value is -2.15. The van der Waals surface area contributed by atoms with Crippen molar-refractivity contribution in [2.75, 3.05) is 18.9 Å². The Morgan fingerprint density at radius 3 is 2.67 bits per heavy atom. The molecule has 0 aliphatic carbocycles. The lowest BCUT2D eigenvalue weighted by atomic mass is 10.1. The molecule has 2 aromatic rings. The third-order valence-corrected chi connectivity index (χ3v) is 4.15. The highest BCUT2D eigenvalue weighted by Crippen LogP contribution is 2.20. The van der Waals surface area contributed by atoms with Gasteiger partial charge in [-0.15, -0.1) is 0 Å². The lowest BCUT2D eigenvalue weighted by molar-refractivity contribution is -0.116. The number of halogens is 1. The minimum Gasteiger partial charge on any atom is -0.360 e. The minimum absolute atomic E-state index is 0.0535. The second kappa shape index (κ2) is 7.61. The normalized spacial score (nSPS) is 10.5. The van der Waals surface area contributed by atoms with E-state index >= 15 is 0 Å². The number of nitrogens with zero attached hydrogens (tertiary/aromatic N) is 2. The summed E-state index contributed by atoms with van der Waals surface area (Å²) in [5.41, 5.74) is 2.63. The highest BCUT2D eigenvalue weighted by atomic mass is 79.9. The number of amides is 2. The third-order valence-electron chi connectivity index (χ3n) is 3.66. The summed E-state index contributed by atoms with van der Waals surface area (Å²) in [6, 6.07) is 5.59. The molecule has 24 heavy (non-hydrogen) atoms. The van der Waals surface area contributed by atoms with Crippen molar-refractivity contribution < 1.29 is 14.1 Å². The number of anilines is 1. The highest BCUT2D eigenvalue weighted by Gasteiger charge is 2.23. The van der Waals surface area contributed by atoms with Gasteiger partial charge in [0.25, 0.3) is 5.91 Å². The molecule has 0 atom stereocenters. The van der Waals surface area contributed by atoms with Crippen LogP contribution in [0.1, 0.15) is 34.3 Å². The Bertz CT molecular complexity index is 770. The van der Waals surface area contributed by atoms with Gasteiger partial charge in [0, 0.05) is 23.6 Å². The predicted molar refractivity (Wildman–Crippen MR) is 95.1 cm³/mol. The van der Waals surface area contributed by atoms with Crippen molar-refractivity contribution in [3.63, 3.8) is 0 Å². The molecule has 2 amide bonds. The maximum Gasteiger partial charge on any atom is 0.259 e. The molecular formula is C17H20BrN3O3. The molecule has 1 aromatic heterocycles. The first-order valence-corrected chi connectivity index (χ1v) is 8.39. The Balaban J connectivity index is 2.05. The van der Waals surface area contributed by atoms with Gasteiger partial charge >= 0.3 is 0 Å². The molecule has 0 unspecified atom stereocenters. The number of aromatic nitrogens is 1. The van der Waals surface area contributed by atoms with Crippen molar-refractivity contribution in [2.45, 2.75) is 27.2 Å². The van der Waals surface area contributed by atoms with Crippen LogP contribution in [0.15, 0.2) is 27.2 Å². The summed E-state index contributed by atoms with van der Waals surface area (Å²) in [4.78, 5) is 26.1. The Morgan fingerprint density at radius 2 is 2.04 bits per heavy atom. The zero-order valence-electron chi connectivity index (χ0n) is 14.1. The number of rotatable bonds is 5. The topological polar surface area (TPSA) is 75.4 Å². The molecule has 128 valence electrons. The molecule has 0 aliphatic heterocycles. The van der Waals surface area contributed by atoms with Crippen LogP contribution in [0.25, 0.3) is 0 Å². The van der Waals surface area contributed by atoms with E-state index in [1.807, 2.05) is 32.0 Å². The molecule has 0 radical (unpaired) electrons. The van der Waals surface area contributed by atoms with E-state index < -0.39 is 0 Å². The van der Waals surface area contributed by atoms with Gasteiger partial charge in [-0.1, -0.05) is 28.0 Å². The van der Waals surface area contributed by atoms with Gasteiger partial charge in [-0.25, -0.2) is 0 Å². The summed E-state index contributed by atoms with van der Waals surface area (Å²) in [6.07, 6.45) is 0.569. The van der Waals surface area contributed by atoms with Crippen molar-refractivity contribution in [2.24, 2.45) is 0 Å². The average molecular weight is 394 g/mol. The summed E-state index contributed by atoms with van der Waals surface area (Å²) >= 11 is 3.38. The molecular weight excluding hydrogens is 374 g/mol. The van der Waals surface area contributed by atoms with E-state index in [-0.39, 0.29) is 18.4 Å². The van der Waals surface area contributed by atoms with Gasteiger partial charge in [-0.2, -0.15) is 0 Å². The van der Waals surface area contributed by atoms with E-state index in [1.54, 1.807) is 14.0 Å². The fraction of sp³-hybridized carbons (Fsp3) is 0.353. The van der Waals surface area contributed by atoms with Crippen LogP contribution in [-0.2, 0) is 11.2 Å². The number of benzene rings is 1. The molecule has 0 fully saturated rings. The van der Waals surface area contributed by atoms with E-state index in [9.17, 15) is 9.59 Å². The number of likely N-dealkylation sites (N-methyl/N-ethyl adjacent to an activating group) is 1. The molecule has 6 nitrogen and oxygen atoms in total. The summed E-state index contributed by atoms with van der Waals surface area (Å²) in [6.45, 7) is 5.46. The molecule has 2 rings (SSSR count). The van der Waals surface area contributed by atoms with Crippen molar-refractivity contribution in [3.8, 4) is 0 Å². The highest BCUT2D eigenvalue weighted by molar-refractivity contribution is 9.10. The van der Waals surface area contributed by atoms with Crippen molar-refractivity contribution in [1.29, 1.82) is 0 Å². The molecule has 0 saturated heterocycles. The fourth-order valence-electron chi connectivity index (χ4n) is 2.37. The zero-order valence-corrected chi connectivity index (χ0v) is 15.7. The van der Waals surface area contributed by atoms with Gasteiger partial charge in [-0.05, 0) is 37.6 Å². The molecule has 1 N–H and O–H groups in total. The number of carbonyl (C=O) groups excluding carboxylic acids is 2. The number of aryl methyl sites for hydroxylation is 3. The van der Waals surface area contributed by atoms with Crippen molar-refractivity contribution in [1.82, 2.24) is 10.1 Å². The van der Waals surface area contributed by atoms with Crippen LogP contribution in [0.5, 0.6) is 0 Å². The van der Waals surface area contributed by atoms with E-state index in [2.05, 4.69) is 26.4 Å². The molecule has 0 aliphatic rings. The fourth-order valence-corrected chi connectivity index (χ4v) is 2.84. The van der Waals surface area contributed by atoms with Crippen LogP contribution in [0.4, 0.5) is 5.69 Å². The average Bonchev–Trinajstić information content (AvgIpc) is 2.90. The van der Waals surface area contributed by atoms with Crippen LogP contribution >= 0.6 is 15.9 Å². The lowest BCUT2D eigenvalue weighted by Gasteiger charge is -2.17. The number of hydrogen-bond donors (Lipinski definition) is 1. The van der Waals surface area contributed by atoms with Gasteiger partial charge in [0.1, 0.15) is 11.3 Å². The lowest BCUT2D eigenvalue weighted by Crippen LogP contribution is -2.35. The van der Waals surface area contributed by atoms with Gasteiger partial charge < -0.3 is 14.7 Å². The number of carbonyl (C=O) groups is 2.